The van der Waals surface area contributed by atoms with Crippen molar-refractivity contribution in [2.45, 2.75) is 50.6 Å². The highest BCUT2D eigenvalue weighted by atomic mass is 16.5. The lowest BCUT2D eigenvalue weighted by molar-refractivity contribution is 0.0413. The van der Waals surface area contributed by atoms with Gasteiger partial charge in [-0.2, -0.15) is 0 Å². The predicted molar refractivity (Wildman–Crippen MR) is 66.4 cm³/mol. The third-order valence-electron chi connectivity index (χ3n) is 4.38. The van der Waals surface area contributed by atoms with Crippen molar-refractivity contribution in [3.8, 4) is 0 Å². The molecule has 2 fully saturated rings. The van der Waals surface area contributed by atoms with Crippen molar-refractivity contribution in [3.63, 3.8) is 0 Å². The minimum absolute atomic E-state index is 0.475. The van der Waals surface area contributed by atoms with Crippen LogP contribution in [0.5, 0.6) is 0 Å². The fourth-order valence-corrected chi connectivity index (χ4v) is 3.10. The third-order valence-corrected chi connectivity index (χ3v) is 4.38. The van der Waals surface area contributed by atoms with Gasteiger partial charge in [-0.3, -0.25) is 0 Å². The number of hydrogen-bond donors (Lipinski definition) is 1. The molecule has 2 atom stereocenters. The van der Waals surface area contributed by atoms with E-state index in [0.29, 0.717) is 6.04 Å². The minimum Gasteiger partial charge on any atom is -0.381 e. The molecule has 0 aromatic rings. The molecule has 1 aliphatic carbocycles. The van der Waals surface area contributed by atoms with E-state index in [9.17, 15) is 0 Å². The van der Waals surface area contributed by atoms with E-state index in [1.807, 2.05) is 0 Å². The maximum absolute atomic E-state index is 6.11. The lowest BCUT2D eigenvalue weighted by Crippen LogP contribution is -2.38. The highest BCUT2D eigenvalue weighted by Gasteiger charge is 2.25. The first-order chi connectivity index (χ1) is 7.77. The summed E-state index contributed by atoms with van der Waals surface area (Å²) in [5.41, 5.74) is 6.11. The monoisotopic (exact) mass is 226 g/mol. The van der Waals surface area contributed by atoms with Crippen molar-refractivity contribution in [2.75, 3.05) is 26.8 Å². The van der Waals surface area contributed by atoms with Gasteiger partial charge < -0.3 is 15.4 Å². The predicted octanol–water partition coefficient (Wildman–Crippen LogP) is 1.61. The van der Waals surface area contributed by atoms with Gasteiger partial charge in [0.25, 0.3) is 0 Å². The third kappa shape index (κ3) is 3.19. The standard InChI is InChI=1S/C13H26N2O/c1-15(12-6-9-16-10-7-12)8-5-11-3-2-4-13(11)14/h11-13H,2-10,14H2,1H3. The van der Waals surface area contributed by atoms with Crippen LogP contribution in [0.2, 0.25) is 0 Å². The van der Waals surface area contributed by atoms with Gasteiger partial charge in [-0.25, -0.2) is 0 Å². The van der Waals surface area contributed by atoms with Gasteiger partial charge in [-0.05, 0) is 51.6 Å². The molecule has 0 spiro atoms. The van der Waals surface area contributed by atoms with Crippen molar-refractivity contribution < 1.29 is 4.74 Å². The minimum atomic E-state index is 0.475. The molecule has 1 saturated heterocycles. The van der Waals surface area contributed by atoms with Crippen LogP contribution in [0.25, 0.3) is 0 Å². The molecule has 2 aliphatic rings. The molecule has 0 radical (unpaired) electrons. The van der Waals surface area contributed by atoms with Crippen LogP contribution >= 0.6 is 0 Å². The molecule has 0 amide bonds. The highest BCUT2D eigenvalue weighted by Crippen LogP contribution is 2.27. The molecule has 1 saturated carbocycles. The van der Waals surface area contributed by atoms with Crippen molar-refractivity contribution in [3.05, 3.63) is 0 Å². The van der Waals surface area contributed by atoms with E-state index in [-0.39, 0.29) is 0 Å². The van der Waals surface area contributed by atoms with E-state index in [0.717, 1.165) is 25.2 Å². The van der Waals surface area contributed by atoms with Gasteiger partial charge >= 0.3 is 0 Å². The maximum Gasteiger partial charge on any atom is 0.0480 e. The van der Waals surface area contributed by atoms with E-state index >= 15 is 0 Å². The van der Waals surface area contributed by atoms with E-state index in [2.05, 4.69) is 11.9 Å². The highest BCUT2D eigenvalue weighted by molar-refractivity contribution is 4.81. The fraction of sp³-hybridized carbons (Fsp3) is 1.00. The van der Waals surface area contributed by atoms with E-state index in [4.69, 9.17) is 10.5 Å². The lowest BCUT2D eigenvalue weighted by atomic mass is 9.99. The smallest absolute Gasteiger partial charge is 0.0480 e. The second kappa shape index (κ2) is 5.99. The average Bonchev–Trinajstić information content (AvgIpc) is 2.73. The zero-order valence-corrected chi connectivity index (χ0v) is 10.5. The summed E-state index contributed by atoms with van der Waals surface area (Å²) in [5, 5.41) is 0. The van der Waals surface area contributed by atoms with Crippen LogP contribution in [0.15, 0.2) is 0 Å². The van der Waals surface area contributed by atoms with Gasteiger partial charge in [-0.15, -0.1) is 0 Å². The first kappa shape index (κ1) is 12.3. The van der Waals surface area contributed by atoms with Crippen LogP contribution in [-0.4, -0.2) is 43.8 Å². The van der Waals surface area contributed by atoms with Gasteiger partial charge in [0.15, 0.2) is 0 Å². The summed E-state index contributed by atoms with van der Waals surface area (Å²) in [6.07, 6.45) is 7.62. The molecule has 3 heteroatoms. The molecule has 2 rings (SSSR count). The van der Waals surface area contributed by atoms with Crippen LogP contribution in [0, 0.1) is 5.92 Å². The van der Waals surface area contributed by atoms with Crippen LogP contribution in [-0.2, 0) is 4.74 Å². The zero-order chi connectivity index (χ0) is 11.4. The number of nitrogens with zero attached hydrogens (tertiary/aromatic N) is 1. The topological polar surface area (TPSA) is 38.5 Å². The second-order valence-corrected chi connectivity index (χ2v) is 5.47. The first-order valence-electron chi connectivity index (χ1n) is 6.81. The molecule has 1 aliphatic heterocycles. The molecule has 16 heavy (non-hydrogen) atoms. The SMILES string of the molecule is CN(CCC1CCCC1N)C1CCOCC1. The van der Waals surface area contributed by atoms with E-state index in [1.54, 1.807) is 0 Å². The second-order valence-electron chi connectivity index (χ2n) is 5.47. The lowest BCUT2D eigenvalue weighted by Gasteiger charge is -2.32. The van der Waals surface area contributed by atoms with Crippen molar-refractivity contribution in [1.82, 2.24) is 4.90 Å². The summed E-state index contributed by atoms with van der Waals surface area (Å²) in [4.78, 5) is 2.52. The zero-order valence-electron chi connectivity index (χ0n) is 10.5. The Morgan fingerprint density at radius 2 is 1.94 bits per heavy atom. The number of hydrogen-bond acceptors (Lipinski definition) is 3. The first-order valence-corrected chi connectivity index (χ1v) is 6.81. The Balaban J connectivity index is 1.68. The number of ether oxygens (including phenoxy) is 1. The number of rotatable bonds is 4. The summed E-state index contributed by atoms with van der Waals surface area (Å²) in [6, 6.07) is 1.22. The van der Waals surface area contributed by atoms with Crippen molar-refractivity contribution in [2.24, 2.45) is 11.7 Å². The summed E-state index contributed by atoms with van der Waals surface area (Å²) in [6.45, 7) is 3.10. The van der Waals surface area contributed by atoms with E-state index < -0.39 is 0 Å². The quantitative estimate of drug-likeness (QED) is 0.791. The van der Waals surface area contributed by atoms with Gasteiger partial charge in [0.1, 0.15) is 0 Å². The number of nitrogens with two attached hydrogens (primary N) is 1. The van der Waals surface area contributed by atoms with Gasteiger partial charge in [0, 0.05) is 25.3 Å². The summed E-state index contributed by atoms with van der Waals surface area (Å²) in [5.74, 6) is 0.780. The van der Waals surface area contributed by atoms with Crippen molar-refractivity contribution in [1.29, 1.82) is 0 Å². The summed E-state index contributed by atoms with van der Waals surface area (Å²) >= 11 is 0. The Labute approximate surface area is 99.3 Å². The molecule has 0 aromatic carbocycles. The Morgan fingerprint density at radius 1 is 1.19 bits per heavy atom. The normalized spacial score (nSPS) is 32.4. The van der Waals surface area contributed by atoms with Crippen LogP contribution in [0.4, 0.5) is 0 Å². The Kier molecular flexibility index (Phi) is 4.62. The molecular weight excluding hydrogens is 200 g/mol. The van der Waals surface area contributed by atoms with Gasteiger partial charge in [0.05, 0.1) is 0 Å². The van der Waals surface area contributed by atoms with Gasteiger partial charge in [-0.1, -0.05) is 6.42 Å². The van der Waals surface area contributed by atoms with Crippen LogP contribution in [0.1, 0.15) is 38.5 Å². The van der Waals surface area contributed by atoms with Crippen molar-refractivity contribution >= 4 is 0 Å². The Morgan fingerprint density at radius 3 is 2.56 bits per heavy atom. The molecule has 2 N–H and O–H groups in total. The summed E-state index contributed by atoms with van der Waals surface area (Å²) in [7, 11) is 2.26. The average molecular weight is 226 g/mol. The summed E-state index contributed by atoms with van der Waals surface area (Å²) < 4.78 is 5.40. The largest absolute Gasteiger partial charge is 0.381 e. The Bertz CT molecular complexity index is 204. The van der Waals surface area contributed by atoms with Crippen LogP contribution in [0.3, 0.4) is 0 Å². The molecule has 3 nitrogen and oxygen atoms in total. The van der Waals surface area contributed by atoms with Crippen LogP contribution < -0.4 is 5.73 Å². The molecule has 2 unspecified atom stereocenters. The van der Waals surface area contributed by atoms with Gasteiger partial charge in [0.2, 0.25) is 0 Å². The molecule has 1 heterocycles. The Hall–Kier alpha value is -0.120. The molecular formula is C13H26N2O. The molecule has 0 aromatic heterocycles. The maximum atomic E-state index is 6.11. The van der Waals surface area contributed by atoms with E-state index in [1.165, 1.54) is 45.1 Å². The molecule has 94 valence electrons. The molecule has 0 bridgehead atoms. The fourth-order valence-electron chi connectivity index (χ4n) is 3.10.